The molecule has 3 heterocycles. The van der Waals surface area contributed by atoms with E-state index in [0.717, 1.165) is 16.3 Å². The zero-order valence-corrected chi connectivity index (χ0v) is 11.9. The third-order valence-electron chi connectivity index (χ3n) is 3.12. The van der Waals surface area contributed by atoms with Crippen molar-refractivity contribution in [3.05, 3.63) is 22.7 Å². The third-order valence-corrected chi connectivity index (χ3v) is 5.76. The number of aromatic nitrogens is 2. The summed E-state index contributed by atoms with van der Waals surface area (Å²) in [5.74, 6) is 0.0544. The molecule has 8 nitrogen and oxygen atoms in total. The molecule has 1 aromatic heterocycles. The molecular formula is C9H13FN3O5PS. The molecule has 2 saturated heterocycles. The maximum absolute atomic E-state index is 14.4. The quantitative estimate of drug-likeness (QED) is 0.596. The van der Waals surface area contributed by atoms with Crippen LogP contribution < -0.4 is 11.4 Å². The molecule has 4 N–H and O–H groups in total. The molecule has 2 aliphatic heterocycles. The van der Waals surface area contributed by atoms with Gasteiger partial charge in [-0.25, -0.2) is 0 Å². The third kappa shape index (κ3) is 2.43. The Balaban J connectivity index is 1.88. The molecule has 1 aromatic rings. The summed E-state index contributed by atoms with van der Waals surface area (Å²) in [6.45, 7) is -0.0391. The van der Waals surface area contributed by atoms with E-state index in [1.54, 1.807) is 0 Å². The summed E-state index contributed by atoms with van der Waals surface area (Å²) >= 11 is 1.13. The molecule has 4 atom stereocenters. The summed E-state index contributed by atoms with van der Waals surface area (Å²) in [4.78, 5) is 34.0. The maximum atomic E-state index is 14.4. The van der Waals surface area contributed by atoms with Crippen LogP contribution in [-0.2, 0) is 9.05 Å². The van der Waals surface area contributed by atoms with Gasteiger partial charge >= 0.3 is 117 Å². The Labute approximate surface area is 117 Å². The molecule has 20 heavy (non-hydrogen) atoms. The van der Waals surface area contributed by atoms with Gasteiger partial charge < -0.3 is 0 Å². The number of hydrogen-bond donors (Lipinski definition) is 3. The molecule has 2 aliphatic rings. The van der Waals surface area contributed by atoms with Crippen molar-refractivity contribution in [3.63, 3.8) is 0 Å². The molecule has 0 bridgehead atoms. The second-order valence-corrected chi connectivity index (χ2v) is 7.48. The number of halogens is 1. The molecule has 0 aromatic carbocycles. The number of fused-ring (bicyclic) bond motifs is 1. The van der Waals surface area contributed by atoms with Crippen molar-refractivity contribution in [1.29, 1.82) is 0 Å². The summed E-state index contributed by atoms with van der Waals surface area (Å²) < 4.78 is 25.2. The van der Waals surface area contributed by atoms with Crippen molar-refractivity contribution >= 4 is 25.7 Å². The molecule has 0 amide bonds. The fraction of sp³-hybridized carbons (Fsp3) is 0.556. The first-order valence-corrected chi connectivity index (χ1v) is 8.43. The molecule has 0 radical (unpaired) electrons. The van der Waals surface area contributed by atoms with Crippen LogP contribution in [-0.4, -0.2) is 43.5 Å². The number of nitrogen functional groups attached to an aromatic ring is 1. The monoisotopic (exact) mass is 325 g/mol. The normalized spacial score (nSPS) is 37.4. The Kier molecular flexibility index (Phi) is 3.47. The average molecular weight is 325 g/mol. The van der Waals surface area contributed by atoms with Crippen LogP contribution in [0.2, 0.25) is 0 Å². The van der Waals surface area contributed by atoms with Gasteiger partial charge in [0.1, 0.15) is 0 Å². The molecule has 2 fully saturated rings. The molecule has 0 spiro atoms. The van der Waals surface area contributed by atoms with Gasteiger partial charge in [0.15, 0.2) is 0 Å². The van der Waals surface area contributed by atoms with Crippen molar-refractivity contribution in [2.24, 2.45) is 0 Å². The van der Waals surface area contributed by atoms with E-state index in [9.17, 15) is 19.0 Å². The Morgan fingerprint density at radius 3 is 3.05 bits per heavy atom. The summed E-state index contributed by atoms with van der Waals surface area (Å²) in [6, 6.07) is 1.39. The van der Waals surface area contributed by atoms with Gasteiger partial charge in [-0.15, -0.1) is 0 Å². The van der Waals surface area contributed by atoms with Gasteiger partial charge in [0, 0.05) is 0 Å². The first-order valence-electron chi connectivity index (χ1n) is 5.78. The summed E-state index contributed by atoms with van der Waals surface area (Å²) in [5.41, 5.74) is 4.72. The molecular weight excluding hydrogens is 312 g/mol. The number of hydrogen-bond acceptors (Lipinski definition) is 8. The first kappa shape index (κ1) is 14.2. The minimum absolute atomic E-state index is 0.0391. The number of nitrogens with zero attached hydrogens (tertiary/aromatic N) is 2. The predicted molar refractivity (Wildman–Crippen MR) is 71.8 cm³/mol. The van der Waals surface area contributed by atoms with E-state index in [1.165, 1.54) is 12.3 Å². The molecule has 0 aliphatic carbocycles. The van der Waals surface area contributed by atoms with Crippen LogP contribution >= 0.6 is 19.9 Å². The van der Waals surface area contributed by atoms with Crippen molar-refractivity contribution in [2.45, 2.75) is 22.9 Å². The number of thioether (sulfide) groups is 1. The van der Waals surface area contributed by atoms with Crippen molar-refractivity contribution in [1.82, 2.24) is 9.55 Å². The number of rotatable bonds is 1. The van der Waals surface area contributed by atoms with Gasteiger partial charge in [0.25, 0.3) is 0 Å². The first-order chi connectivity index (χ1) is 9.37. The topological polar surface area (TPSA) is 120 Å². The number of nitrogens with two attached hydrogens (primary N) is 1. The van der Waals surface area contributed by atoms with E-state index in [0.29, 0.717) is 0 Å². The van der Waals surface area contributed by atoms with E-state index in [1.807, 2.05) is 0 Å². The van der Waals surface area contributed by atoms with E-state index in [4.69, 9.17) is 14.8 Å². The van der Waals surface area contributed by atoms with Crippen LogP contribution in [0.25, 0.3) is 0 Å². The van der Waals surface area contributed by atoms with Gasteiger partial charge in [0.05, 0.1) is 0 Å². The number of alkyl halides is 1. The Bertz CT molecular complexity index is 587. The fourth-order valence-electron chi connectivity index (χ4n) is 2.21. The Morgan fingerprint density at radius 1 is 1.60 bits per heavy atom. The number of anilines is 1. The van der Waals surface area contributed by atoms with Gasteiger partial charge in [-0.3, -0.25) is 0 Å². The summed E-state index contributed by atoms with van der Waals surface area (Å²) in [7, 11) is -4.25. The second kappa shape index (κ2) is 4.90. The zero-order valence-electron chi connectivity index (χ0n) is 10.0. The summed E-state index contributed by atoms with van der Waals surface area (Å²) in [6.07, 6.45) is -1.25. The van der Waals surface area contributed by atoms with Crippen LogP contribution in [0.3, 0.4) is 0 Å². The molecule has 3 rings (SSSR count). The van der Waals surface area contributed by atoms with Crippen LogP contribution in [0.1, 0.15) is 5.37 Å². The van der Waals surface area contributed by atoms with Crippen LogP contribution in [0.4, 0.5) is 10.2 Å². The second-order valence-electron chi connectivity index (χ2n) is 4.49. The van der Waals surface area contributed by atoms with E-state index in [2.05, 4.69) is 4.98 Å². The Hall–Kier alpha value is -0.770. The van der Waals surface area contributed by atoms with Crippen LogP contribution in [0.15, 0.2) is 17.1 Å². The SMILES string of the molecule is Nc1ccn([C@@H]2S[C@@H]3CO[PH](O)(O)O[C@H]3[C@@H]2F)c(=O)n1. The van der Waals surface area contributed by atoms with Gasteiger partial charge in [-0.2, -0.15) is 0 Å². The van der Waals surface area contributed by atoms with Crippen LogP contribution in [0, 0.1) is 0 Å². The van der Waals surface area contributed by atoms with Gasteiger partial charge in [-0.05, 0) is 0 Å². The molecule has 11 heteroatoms. The van der Waals surface area contributed by atoms with Crippen molar-refractivity contribution < 1.29 is 23.2 Å². The Morgan fingerprint density at radius 2 is 2.35 bits per heavy atom. The summed E-state index contributed by atoms with van der Waals surface area (Å²) in [5, 5.41) is -1.28. The average Bonchev–Trinajstić information content (AvgIpc) is 2.66. The van der Waals surface area contributed by atoms with Gasteiger partial charge in [0.2, 0.25) is 0 Å². The van der Waals surface area contributed by atoms with Crippen molar-refractivity contribution in [3.8, 4) is 0 Å². The zero-order chi connectivity index (χ0) is 14.5. The van der Waals surface area contributed by atoms with E-state index in [-0.39, 0.29) is 12.4 Å². The fourth-order valence-corrected chi connectivity index (χ4v) is 5.01. The molecule has 112 valence electrons. The van der Waals surface area contributed by atoms with E-state index >= 15 is 0 Å². The van der Waals surface area contributed by atoms with Crippen molar-refractivity contribution in [2.75, 3.05) is 12.3 Å². The van der Waals surface area contributed by atoms with Gasteiger partial charge in [-0.1, -0.05) is 0 Å². The minimum atomic E-state index is -4.25. The standard InChI is InChI=1S/C9H13FN3O5PS/c10-6-7-4(3-17-19(15,16)18-7)20-8(6)13-2-1-5(11)12-9(13)14/h1-2,4,6-8,15-16,19H,3H2,(H2,11,12,14)/t4-,6+,7-,8-/m1/s1. The van der Waals surface area contributed by atoms with E-state index < -0.39 is 36.8 Å². The predicted octanol–water partition coefficient (Wildman–Crippen LogP) is -0.413. The molecule has 0 unspecified atom stereocenters. The molecule has 0 saturated carbocycles. The van der Waals surface area contributed by atoms with Crippen LogP contribution in [0.5, 0.6) is 0 Å².